The lowest BCUT2D eigenvalue weighted by Gasteiger charge is -2.34. The number of benzene rings is 1. The molecule has 1 saturated carbocycles. The van der Waals surface area contributed by atoms with E-state index in [1.54, 1.807) is 13.3 Å². The Kier molecular flexibility index (Phi) is 5.36. The van der Waals surface area contributed by atoms with Crippen LogP contribution in [0.5, 0.6) is 5.75 Å². The number of carbonyl (C=O) groups is 1. The van der Waals surface area contributed by atoms with Gasteiger partial charge in [0.15, 0.2) is 5.65 Å². The summed E-state index contributed by atoms with van der Waals surface area (Å²) in [6.07, 6.45) is 7.04. The summed E-state index contributed by atoms with van der Waals surface area (Å²) < 4.78 is 5.77. The first-order valence-corrected chi connectivity index (χ1v) is 12.2. The van der Waals surface area contributed by atoms with Crippen LogP contribution >= 0.6 is 0 Å². The van der Waals surface area contributed by atoms with Gasteiger partial charge in [-0.1, -0.05) is 12.2 Å². The summed E-state index contributed by atoms with van der Waals surface area (Å²) in [6, 6.07) is 8.16. The summed E-state index contributed by atoms with van der Waals surface area (Å²) in [6.45, 7) is 4.08. The van der Waals surface area contributed by atoms with Gasteiger partial charge in [-0.2, -0.15) is 0 Å². The average Bonchev–Trinajstić information content (AvgIpc) is 3.59. The molecule has 0 unspecified atom stereocenters. The Morgan fingerprint density at radius 1 is 1.17 bits per heavy atom. The summed E-state index contributed by atoms with van der Waals surface area (Å²) in [5.74, 6) is 1.51. The predicted molar refractivity (Wildman–Crippen MR) is 136 cm³/mol. The van der Waals surface area contributed by atoms with Crippen LogP contribution < -0.4 is 20.7 Å². The molecule has 4 atom stereocenters. The molecule has 1 saturated heterocycles. The molecule has 1 aliphatic heterocycles. The molecule has 2 bridgehead atoms. The molecule has 4 N–H and O–H groups in total. The van der Waals surface area contributed by atoms with Crippen molar-refractivity contribution in [3.63, 3.8) is 0 Å². The minimum Gasteiger partial charge on any atom is -0.496 e. The van der Waals surface area contributed by atoms with Crippen LogP contribution in [0.15, 0.2) is 42.6 Å². The fourth-order valence-electron chi connectivity index (χ4n) is 5.88. The van der Waals surface area contributed by atoms with Crippen molar-refractivity contribution in [1.82, 2.24) is 19.9 Å². The molecule has 2 fully saturated rings. The highest BCUT2D eigenvalue weighted by Gasteiger charge is 2.47. The number of H-pyrrole nitrogens is 1. The van der Waals surface area contributed by atoms with E-state index >= 15 is 0 Å². The van der Waals surface area contributed by atoms with Crippen molar-refractivity contribution in [1.29, 1.82) is 0 Å². The number of imidazole rings is 1. The summed E-state index contributed by atoms with van der Waals surface area (Å²) in [5, 5.41) is 3.59. The molecule has 0 spiro atoms. The molecule has 3 aliphatic rings. The maximum Gasteiger partial charge on any atom is 0.223 e. The molecule has 182 valence electrons. The number of nitrogens with two attached hydrogens (primary N) is 1. The van der Waals surface area contributed by atoms with Crippen molar-refractivity contribution in [2.45, 2.75) is 12.5 Å². The lowest BCUT2D eigenvalue weighted by atomic mass is 9.88. The minimum atomic E-state index is -0.250. The maximum atomic E-state index is 12.2. The minimum absolute atomic E-state index is 0.0303. The van der Waals surface area contributed by atoms with Crippen LogP contribution in [0.4, 0.5) is 11.4 Å². The maximum absolute atomic E-state index is 12.2. The van der Waals surface area contributed by atoms with Gasteiger partial charge in [-0.05, 0) is 43.5 Å². The predicted octanol–water partition coefficient (Wildman–Crippen LogP) is 2.47. The summed E-state index contributed by atoms with van der Waals surface area (Å²) in [4.78, 5) is 29.6. The van der Waals surface area contributed by atoms with E-state index in [-0.39, 0.29) is 23.8 Å². The van der Waals surface area contributed by atoms with Crippen molar-refractivity contribution in [3.05, 3.63) is 42.6 Å². The van der Waals surface area contributed by atoms with Crippen LogP contribution in [0.25, 0.3) is 22.6 Å². The van der Waals surface area contributed by atoms with Gasteiger partial charge in [-0.15, -0.1) is 0 Å². The first-order chi connectivity index (χ1) is 17.0. The average molecular weight is 474 g/mol. The number of likely N-dealkylation sites (N-methyl/N-ethyl adjacent to an activating group) is 1. The number of rotatable bonds is 6. The first-order valence-electron chi connectivity index (χ1n) is 12.2. The Hall–Kier alpha value is -3.59. The van der Waals surface area contributed by atoms with E-state index in [0.29, 0.717) is 17.4 Å². The van der Waals surface area contributed by atoms with Gasteiger partial charge in [0.25, 0.3) is 0 Å². The highest BCUT2D eigenvalue weighted by molar-refractivity contribution is 5.89. The monoisotopic (exact) mass is 473 g/mol. The molecule has 2 aliphatic carbocycles. The molecule has 9 heteroatoms. The number of ether oxygens (including phenoxy) is 1. The van der Waals surface area contributed by atoms with Crippen molar-refractivity contribution in [3.8, 4) is 17.1 Å². The number of aromatic nitrogens is 3. The molecule has 35 heavy (non-hydrogen) atoms. The zero-order chi connectivity index (χ0) is 24.1. The molecule has 6 rings (SSSR count). The number of aromatic amines is 1. The highest BCUT2D eigenvalue weighted by Crippen LogP contribution is 2.45. The third-order valence-electron chi connectivity index (χ3n) is 7.81. The van der Waals surface area contributed by atoms with E-state index < -0.39 is 0 Å². The zero-order valence-electron chi connectivity index (χ0n) is 20.1. The SMILES string of the molecule is COc1cc(N2CCN(C)CC2)ccc1-c1nc2nccc(N[C@H]3[C@@H](C(N)=O)[C@@H]4C=C[C@H]3C4)c2[nH]1. The Morgan fingerprint density at radius 2 is 1.97 bits per heavy atom. The number of hydrogen-bond acceptors (Lipinski definition) is 7. The van der Waals surface area contributed by atoms with E-state index in [2.05, 4.69) is 62.5 Å². The number of anilines is 2. The molecule has 3 aromatic rings. The molecule has 1 aromatic carbocycles. The Bertz CT molecular complexity index is 1290. The number of piperazine rings is 1. The third-order valence-corrected chi connectivity index (χ3v) is 7.81. The molecule has 9 nitrogen and oxygen atoms in total. The van der Waals surface area contributed by atoms with Gasteiger partial charge in [0, 0.05) is 50.2 Å². The molecule has 3 heterocycles. The Balaban J connectivity index is 1.31. The molecular formula is C26H31N7O2. The first kappa shape index (κ1) is 21.9. The van der Waals surface area contributed by atoms with Gasteiger partial charge in [0.2, 0.25) is 5.91 Å². The van der Waals surface area contributed by atoms with E-state index in [1.165, 1.54) is 0 Å². The normalized spacial score (nSPS) is 25.9. The smallest absolute Gasteiger partial charge is 0.223 e. The second-order valence-corrected chi connectivity index (χ2v) is 9.86. The lowest BCUT2D eigenvalue weighted by molar-refractivity contribution is -0.122. The van der Waals surface area contributed by atoms with E-state index in [4.69, 9.17) is 15.5 Å². The Labute approximate surface area is 204 Å². The topological polar surface area (TPSA) is 112 Å². The van der Waals surface area contributed by atoms with Gasteiger partial charge in [-0.25, -0.2) is 9.97 Å². The molecular weight excluding hydrogens is 442 g/mol. The number of fused-ring (bicyclic) bond motifs is 3. The number of hydrogen-bond donors (Lipinski definition) is 3. The number of amides is 1. The number of primary amides is 1. The van der Waals surface area contributed by atoms with Gasteiger partial charge >= 0.3 is 0 Å². The fraction of sp³-hybridized carbons (Fsp3) is 0.423. The number of allylic oxidation sites excluding steroid dienone is 1. The van der Waals surface area contributed by atoms with Crippen molar-refractivity contribution < 1.29 is 9.53 Å². The van der Waals surface area contributed by atoms with Crippen LogP contribution in [0.1, 0.15) is 6.42 Å². The summed E-state index contributed by atoms with van der Waals surface area (Å²) >= 11 is 0. The molecule has 0 radical (unpaired) electrons. The van der Waals surface area contributed by atoms with E-state index in [9.17, 15) is 4.79 Å². The second kappa shape index (κ2) is 8.57. The van der Waals surface area contributed by atoms with E-state index in [0.717, 1.165) is 60.8 Å². The van der Waals surface area contributed by atoms with Crippen LogP contribution in [-0.2, 0) is 4.79 Å². The number of nitrogens with one attached hydrogen (secondary N) is 2. The lowest BCUT2D eigenvalue weighted by Crippen LogP contribution is -2.44. The van der Waals surface area contributed by atoms with Crippen LogP contribution in [-0.4, -0.2) is 72.1 Å². The van der Waals surface area contributed by atoms with Crippen LogP contribution in [0.3, 0.4) is 0 Å². The van der Waals surface area contributed by atoms with Gasteiger partial charge in [0.05, 0.1) is 24.3 Å². The fourth-order valence-corrected chi connectivity index (χ4v) is 5.88. The number of methoxy groups -OCH3 is 1. The van der Waals surface area contributed by atoms with Gasteiger partial charge < -0.3 is 30.6 Å². The van der Waals surface area contributed by atoms with Crippen molar-refractivity contribution >= 4 is 28.4 Å². The number of pyridine rings is 1. The van der Waals surface area contributed by atoms with Gasteiger partial charge in [-0.3, -0.25) is 4.79 Å². The number of carbonyl (C=O) groups excluding carboxylic acids is 1. The molecule has 2 aromatic heterocycles. The zero-order valence-corrected chi connectivity index (χ0v) is 20.1. The Morgan fingerprint density at radius 3 is 2.74 bits per heavy atom. The largest absolute Gasteiger partial charge is 0.496 e. The highest BCUT2D eigenvalue weighted by atomic mass is 16.5. The third kappa shape index (κ3) is 3.80. The second-order valence-electron chi connectivity index (χ2n) is 9.86. The van der Waals surface area contributed by atoms with Crippen LogP contribution in [0, 0.1) is 17.8 Å². The van der Waals surface area contributed by atoms with Crippen LogP contribution in [0.2, 0.25) is 0 Å². The quantitative estimate of drug-likeness (QED) is 0.472. The summed E-state index contributed by atoms with van der Waals surface area (Å²) in [5.41, 5.74) is 10.1. The molecule has 1 amide bonds. The number of nitrogens with zero attached hydrogens (tertiary/aromatic N) is 4. The van der Waals surface area contributed by atoms with E-state index in [1.807, 2.05) is 6.07 Å². The van der Waals surface area contributed by atoms with Crippen molar-refractivity contribution in [2.75, 3.05) is 50.6 Å². The van der Waals surface area contributed by atoms with Gasteiger partial charge in [0.1, 0.15) is 17.1 Å². The van der Waals surface area contributed by atoms with Crippen molar-refractivity contribution in [2.24, 2.45) is 23.5 Å². The standard InChI is InChI=1S/C26H31N7O2/c1-32-9-11-33(12-10-32)17-5-6-18(20(14-17)35-2)25-30-23-19(7-8-28-26(23)31-25)29-22-16-4-3-15(13-16)21(22)24(27)34/h3-8,14-16,21-22H,9-13H2,1-2H3,(H2,27,34)(H2,28,29,30,31)/t15-,16+,21+,22-/m1/s1. The summed E-state index contributed by atoms with van der Waals surface area (Å²) in [7, 11) is 3.84.